The Bertz CT molecular complexity index is 306. The summed E-state index contributed by atoms with van der Waals surface area (Å²) in [6.45, 7) is 2.90. The molecular weight excluding hydrogens is 208 g/mol. The molecule has 1 heterocycles. The van der Waals surface area contributed by atoms with E-state index in [2.05, 4.69) is 0 Å². The first kappa shape index (κ1) is 11.2. The molecular formula is C11H18N2O3. The lowest BCUT2D eigenvalue weighted by atomic mass is 10.1. The van der Waals surface area contributed by atoms with Crippen LogP contribution in [0.3, 0.4) is 0 Å². The van der Waals surface area contributed by atoms with Crippen molar-refractivity contribution in [2.45, 2.75) is 32.2 Å². The first-order valence-corrected chi connectivity index (χ1v) is 5.89. The van der Waals surface area contributed by atoms with Crippen molar-refractivity contribution in [1.82, 2.24) is 9.80 Å². The Morgan fingerprint density at radius 2 is 2.19 bits per heavy atom. The van der Waals surface area contributed by atoms with E-state index in [1.54, 1.807) is 0 Å². The van der Waals surface area contributed by atoms with Gasteiger partial charge >= 0.3 is 12.0 Å². The molecule has 16 heavy (non-hydrogen) atoms. The average Bonchev–Trinajstić information content (AvgIpc) is 2.86. The van der Waals surface area contributed by atoms with Crippen molar-refractivity contribution in [2.24, 2.45) is 5.92 Å². The lowest BCUT2D eigenvalue weighted by Crippen LogP contribution is -2.48. The number of hydrogen-bond donors (Lipinski definition) is 1. The molecule has 2 aliphatic rings. The van der Waals surface area contributed by atoms with Gasteiger partial charge in [0.05, 0.1) is 0 Å². The van der Waals surface area contributed by atoms with E-state index in [4.69, 9.17) is 5.11 Å². The molecule has 2 atom stereocenters. The minimum absolute atomic E-state index is 0.0999. The summed E-state index contributed by atoms with van der Waals surface area (Å²) in [6.07, 6.45) is 3.41. The zero-order valence-corrected chi connectivity index (χ0v) is 9.56. The maximum atomic E-state index is 12.1. The highest BCUT2D eigenvalue weighted by Gasteiger charge is 2.41. The second kappa shape index (κ2) is 4.31. The molecule has 1 aliphatic heterocycles. The minimum Gasteiger partial charge on any atom is -0.480 e. The highest BCUT2D eigenvalue weighted by molar-refractivity contribution is 5.80. The van der Waals surface area contributed by atoms with Crippen LogP contribution in [0.25, 0.3) is 0 Å². The van der Waals surface area contributed by atoms with Crippen molar-refractivity contribution >= 4 is 12.0 Å². The van der Waals surface area contributed by atoms with Gasteiger partial charge in [-0.3, -0.25) is 4.79 Å². The molecule has 1 N–H and O–H groups in total. The number of rotatable bonds is 3. The van der Waals surface area contributed by atoms with Crippen LogP contribution in [0, 0.1) is 5.92 Å². The van der Waals surface area contributed by atoms with Crippen LogP contribution in [0.5, 0.6) is 0 Å². The number of carboxylic acids is 1. The molecule has 1 saturated carbocycles. The Kier molecular flexibility index (Phi) is 3.03. The molecule has 2 bridgehead atoms. The molecule has 5 nitrogen and oxygen atoms in total. The maximum Gasteiger partial charge on any atom is 0.323 e. The number of amides is 2. The van der Waals surface area contributed by atoms with E-state index in [9.17, 15) is 9.59 Å². The maximum absolute atomic E-state index is 12.1. The fourth-order valence-corrected chi connectivity index (χ4v) is 2.82. The molecule has 0 spiro atoms. The van der Waals surface area contributed by atoms with Gasteiger partial charge in [-0.1, -0.05) is 0 Å². The number of likely N-dealkylation sites (N-methyl/N-ethyl adjacent to an activating group) is 1. The van der Waals surface area contributed by atoms with E-state index in [-0.39, 0.29) is 12.6 Å². The molecule has 1 saturated heterocycles. The molecule has 2 fully saturated rings. The Labute approximate surface area is 95.0 Å². The van der Waals surface area contributed by atoms with Gasteiger partial charge in [-0.2, -0.15) is 0 Å². The Balaban J connectivity index is 1.97. The highest BCUT2D eigenvalue weighted by Crippen LogP contribution is 2.37. The van der Waals surface area contributed by atoms with Crippen LogP contribution in [-0.4, -0.2) is 52.6 Å². The summed E-state index contributed by atoms with van der Waals surface area (Å²) >= 11 is 0. The van der Waals surface area contributed by atoms with Crippen molar-refractivity contribution in [3.63, 3.8) is 0 Å². The summed E-state index contributed by atoms with van der Waals surface area (Å²) in [5.41, 5.74) is 0. The number of aliphatic carboxylic acids is 1. The van der Waals surface area contributed by atoms with Gasteiger partial charge in [-0.15, -0.1) is 0 Å². The lowest BCUT2D eigenvalue weighted by Gasteiger charge is -2.32. The van der Waals surface area contributed by atoms with Crippen LogP contribution in [0.15, 0.2) is 0 Å². The van der Waals surface area contributed by atoms with Gasteiger partial charge < -0.3 is 14.9 Å². The molecule has 2 unspecified atom stereocenters. The standard InChI is InChI=1S/C11H18N2O3/c1-2-12(7-10(14)15)11(16)13-6-8-3-4-9(13)5-8/h8-9H,2-7H2,1H3,(H,14,15). The lowest BCUT2D eigenvalue weighted by molar-refractivity contribution is -0.137. The number of carboxylic acid groups (broad SMARTS) is 1. The minimum atomic E-state index is -0.945. The number of nitrogens with zero attached hydrogens (tertiary/aromatic N) is 2. The normalized spacial score (nSPS) is 27.2. The topological polar surface area (TPSA) is 60.9 Å². The molecule has 90 valence electrons. The first-order valence-electron chi connectivity index (χ1n) is 5.89. The number of likely N-dealkylation sites (tertiary alicyclic amines) is 1. The third kappa shape index (κ3) is 1.99. The van der Waals surface area contributed by atoms with E-state index in [0.717, 1.165) is 19.4 Å². The van der Waals surface area contributed by atoms with E-state index < -0.39 is 5.97 Å². The molecule has 1 aliphatic carbocycles. The summed E-state index contributed by atoms with van der Waals surface area (Å²) in [6, 6.07) is 0.262. The highest BCUT2D eigenvalue weighted by atomic mass is 16.4. The summed E-state index contributed by atoms with van der Waals surface area (Å²) < 4.78 is 0. The average molecular weight is 226 g/mol. The van der Waals surface area contributed by atoms with Crippen molar-refractivity contribution in [3.8, 4) is 0 Å². The molecule has 2 rings (SSSR count). The van der Waals surface area contributed by atoms with Gasteiger partial charge in [0.1, 0.15) is 6.54 Å². The molecule has 2 amide bonds. The number of urea groups is 1. The summed E-state index contributed by atoms with van der Waals surface area (Å²) in [5, 5.41) is 8.73. The quantitative estimate of drug-likeness (QED) is 0.780. The monoisotopic (exact) mass is 226 g/mol. The van der Waals surface area contributed by atoms with Crippen LogP contribution >= 0.6 is 0 Å². The largest absolute Gasteiger partial charge is 0.480 e. The van der Waals surface area contributed by atoms with Crippen LogP contribution in [0.4, 0.5) is 4.79 Å². The zero-order chi connectivity index (χ0) is 11.7. The molecule has 0 radical (unpaired) electrons. The Hall–Kier alpha value is -1.26. The van der Waals surface area contributed by atoms with Crippen LogP contribution in [-0.2, 0) is 4.79 Å². The van der Waals surface area contributed by atoms with Crippen molar-refractivity contribution < 1.29 is 14.7 Å². The van der Waals surface area contributed by atoms with Crippen molar-refractivity contribution in [3.05, 3.63) is 0 Å². The van der Waals surface area contributed by atoms with Gasteiger partial charge in [-0.05, 0) is 32.1 Å². The fourth-order valence-electron chi connectivity index (χ4n) is 2.82. The SMILES string of the molecule is CCN(CC(=O)O)C(=O)N1CC2CCC1C2. The van der Waals surface area contributed by atoms with Gasteiger partial charge in [0.25, 0.3) is 0 Å². The predicted octanol–water partition coefficient (Wildman–Crippen LogP) is 0.997. The molecule has 0 aromatic carbocycles. The molecule has 0 aromatic heterocycles. The predicted molar refractivity (Wildman–Crippen MR) is 58.1 cm³/mol. The van der Waals surface area contributed by atoms with Gasteiger partial charge in [-0.25, -0.2) is 4.79 Å². The smallest absolute Gasteiger partial charge is 0.323 e. The Morgan fingerprint density at radius 3 is 2.62 bits per heavy atom. The van der Waals surface area contributed by atoms with Crippen molar-refractivity contribution in [1.29, 1.82) is 0 Å². The number of fused-ring (bicyclic) bond motifs is 2. The van der Waals surface area contributed by atoms with Gasteiger partial charge in [0, 0.05) is 19.1 Å². The summed E-state index contributed by atoms with van der Waals surface area (Å²) in [4.78, 5) is 26.0. The van der Waals surface area contributed by atoms with Crippen molar-refractivity contribution in [2.75, 3.05) is 19.6 Å². The van der Waals surface area contributed by atoms with E-state index in [0.29, 0.717) is 18.5 Å². The van der Waals surface area contributed by atoms with Crippen LogP contribution < -0.4 is 0 Å². The van der Waals surface area contributed by atoms with E-state index in [1.165, 1.54) is 11.3 Å². The molecule has 5 heteroatoms. The van der Waals surface area contributed by atoms with Crippen LogP contribution in [0.2, 0.25) is 0 Å². The van der Waals surface area contributed by atoms with Crippen LogP contribution in [0.1, 0.15) is 26.2 Å². The first-order chi connectivity index (χ1) is 7.61. The zero-order valence-electron chi connectivity index (χ0n) is 9.56. The third-order valence-corrected chi connectivity index (χ3v) is 3.63. The number of carbonyl (C=O) groups is 2. The third-order valence-electron chi connectivity index (χ3n) is 3.63. The van der Waals surface area contributed by atoms with Gasteiger partial charge in [0.2, 0.25) is 0 Å². The molecule has 0 aromatic rings. The second-order valence-corrected chi connectivity index (χ2v) is 4.68. The second-order valence-electron chi connectivity index (χ2n) is 4.68. The fraction of sp³-hybridized carbons (Fsp3) is 0.818. The Morgan fingerprint density at radius 1 is 1.44 bits per heavy atom. The van der Waals surface area contributed by atoms with Gasteiger partial charge in [0.15, 0.2) is 0 Å². The van der Waals surface area contributed by atoms with E-state index >= 15 is 0 Å². The number of hydrogen-bond acceptors (Lipinski definition) is 2. The van der Waals surface area contributed by atoms with E-state index in [1.807, 2.05) is 11.8 Å². The summed E-state index contributed by atoms with van der Waals surface area (Å²) in [5.74, 6) is -0.294. The number of carbonyl (C=O) groups excluding carboxylic acids is 1. The summed E-state index contributed by atoms with van der Waals surface area (Å²) in [7, 11) is 0. The number of piperidine rings is 1.